The summed E-state index contributed by atoms with van der Waals surface area (Å²) in [6, 6.07) is 15.4. The first-order valence-corrected chi connectivity index (χ1v) is 7.37. The molecule has 0 saturated heterocycles. The number of amides is 2. The first-order valence-electron chi connectivity index (χ1n) is 7.37. The molecule has 128 valence electrons. The first kappa shape index (κ1) is 16.6. The summed E-state index contributed by atoms with van der Waals surface area (Å²) in [5.41, 5.74) is 4.51. The van der Waals surface area contributed by atoms with Gasteiger partial charge in [-0.05, 0) is 29.7 Å². The molecule has 0 bridgehead atoms. The maximum absolute atomic E-state index is 12.9. The number of carbonyl (C=O) groups is 1. The number of benzene rings is 3. The molecule has 0 radical (unpaired) electrons. The number of nitrogens with two attached hydrogens (primary N) is 1. The molecule has 3 rings (SSSR count). The van der Waals surface area contributed by atoms with E-state index in [2.05, 4.69) is 10.6 Å². The van der Waals surface area contributed by atoms with Crippen LogP contribution in [0.3, 0.4) is 0 Å². The lowest BCUT2D eigenvalue weighted by atomic mass is 10.1. The van der Waals surface area contributed by atoms with Gasteiger partial charge in [-0.15, -0.1) is 0 Å². The van der Waals surface area contributed by atoms with Crippen LogP contribution in [0.5, 0.6) is 0 Å². The molecule has 3 aromatic carbocycles. The van der Waals surface area contributed by atoms with Gasteiger partial charge in [0.25, 0.3) is 0 Å². The molecule has 0 aliphatic rings. The maximum atomic E-state index is 12.9. The van der Waals surface area contributed by atoms with Gasteiger partial charge in [-0.25, -0.2) is 4.79 Å². The summed E-state index contributed by atoms with van der Waals surface area (Å²) in [6.07, 6.45) is -4.59. The van der Waals surface area contributed by atoms with E-state index in [0.29, 0.717) is 5.69 Å². The van der Waals surface area contributed by atoms with Crippen LogP contribution in [0, 0.1) is 0 Å². The Morgan fingerprint density at radius 3 is 2.40 bits per heavy atom. The van der Waals surface area contributed by atoms with Gasteiger partial charge < -0.3 is 16.4 Å². The highest BCUT2D eigenvalue weighted by Gasteiger charge is 2.33. The van der Waals surface area contributed by atoms with Crippen molar-refractivity contribution in [1.82, 2.24) is 0 Å². The molecule has 4 N–H and O–H groups in total. The number of nitrogens with one attached hydrogen (secondary N) is 2. The van der Waals surface area contributed by atoms with Gasteiger partial charge in [0.05, 0.1) is 11.3 Å². The van der Waals surface area contributed by atoms with Crippen molar-refractivity contribution in [2.24, 2.45) is 0 Å². The molecule has 0 fully saturated rings. The summed E-state index contributed by atoms with van der Waals surface area (Å²) in [4.78, 5) is 12.1. The summed E-state index contributed by atoms with van der Waals surface area (Å²) in [6.45, 7) is 0. The monoisotopic (exact) mass is 345 g/mol. The molecular formula is C18H14F3N3O. The summed E-state index contributed by atoms with van der Waals surface area (Å²) in [7, 11) is 0. The number of nitrogen functional groups attached to an aromatic ring is 1. The number of carbonyl (C=O) groups excluding carboxylic acids is 1. The third-order valence-electron chi connectivity index (χ3n) is 3.65. The standard InChI is InChI=1S/C18H14F3N3O/c19-18(20,21)14-10-12(8-9-15(14)22)23-17(25)24-16-7-3-5-11-4-1-2-6-13(11)16/h1-10H,22H2,(H2,23,24,25). The van der Waals surface area contributed by atoms with Crippen molar-refractivity contribution in [1.29, 1.82) is 0 Å². The van der Waals surface area contributed by atoms with Crippen LogP contribution in [-0.2, 0) is 6.18 Å². The van der Waals surface area contributed by atoms with Gasteiger partial charge in [-0.3, -0.25) is 0 Å². The van der Waals surface area contributed by atoms with Gasteiger partial charge in [0.1, 0.15) is 0 Å². The second-order valence-corrected chi connectivity index (χ2v) is 5.41. The molecule has 3 aromatic rings. The van der Waals surface area contributed by atoms with Gasteiger partial charge in [0, 0.05) is 16.8 Å². The highest BCUT2D eigenvalue weighted by atomic mass is 19.4. The smallest absolute Gasteiger partial charge is 0.398 e. The molecule has 0 atom stereocenters. The number of rotatable bonds is 2. The Morgan fingerprint density at radius 2 is 1.64 bits per heavy atom. The molecule has 7 heteroatoms. The summed E-state index contributed by atoms with van der Waals surface area (Å²) < 4.78 is 38.6. The van der Waals surface area contributed by atoms with E-state index in [1.54, 1.807) is 12.1 Å². The molecule has 0 aliphatic carbocycles. The zero-order valence-electron chi connectivity index (χ0n) is 12.9. The average Bonchev–Trinajstić information content (AvgIpc) is 2.56. The van der Waals surface area contributed by atoms with Gasteiger partial charge >= 0.3 is 12.2 Å². The minimum absolute atomic E-state index is 0.000684. The lowest BCUT2D eigenvalue weighted by Gasteiger charge is -2.13. The fourth-order valence-corrected chi connectivity index (χ4v) is 2.50. The number of anilines is 3. The van der Waals surface area contributed by atoms with E-state index in [1.807, 2.05) is 30.3 Å². The summed E-state index contributed by atoms with van der Waals surface area (Å²) in [5.74, 6) is 0. The predicted octanol–water partition coefficient (Wildman–Crippen LogP) is 5.08. The molecule has 0 saturated carbocycles. The third-order valence-corrected chi connectivity index (χ3v) is 3.65. The zero-order chi connectivity index (χ0) is 18.0. The molecule has 0 aromatic heterocycles. The van der Waals surface area contributed by atoms with E-state index in [0.717, 1.165) is 22.9 Å². The highest BCUT2D eigenvalue weighted by Crippen LogP contribution is 2.35. The Balaban J connectivity index is 1.81. The predicted molar refractivity (Wildman–Crippen MR) is 92.4 cm³/mol. The highest BCUT2D eigenvalue weighted by molar-refractivity contribution is 6.06. The van der Waals surface area contributed by atoms with E-state index in [-0.39, 0.29) is 5.69 Å². The van der Waals surface area contributed by atoms with Crippen LogP contribution in [-0.4, -0.2) is 6.03 Å². The fourth-order valence-electron chi connectivity index (χ4n) is 2.50. The van der Waals surface area contributed by atoms with Crippen LogP contribution in [0.25, 0.3) is 10.8 Å². The van der Waals surface area contributed by atoms with E-state index in [9.17, 15) is 18.0 Å². The third kappa shape index (κ3) is 3.65. The van der Waals surface area contributed by atoms with Crippen molar-refractivity contribution in [2.45, 2.75) is 6.18 Å². The Labute approximate surface area is 141 Å². The summed E-state index contributed by atoms with van der Waals surface area (Å²) in [5, 5.41) is 6.80. The second kappa shape index (κ2) is 6.35. The number of fused-ring (bicyclic) bond motifs is 1. The first-order chi connectivity index (χ1) is 11.8. The van der Waals surface area contributed by atoms with E-state index in [4.69, 9.17) is 5.73 Å². The second-order valence-electron chi connectivity index (χ2n) is 5.41. The Morgan fingerprint density at radius 1 is 0.920 bits per heavy atom. The number of hydrogen-bond donors (Lipinski definition) is 3. The fraction of sp³-hybridized carbons (Fsp3) is 0.0556. The van der Waals surface area contributed by atoms with E-state index in [1.165, 1.54) is 6.07 Å². The molecule has 0 heterocycles. The lowest BCUT2D eigenvalue weighted by Crippen LogP contribution is -2.20. The Bertz CT molecular complexity index is 933. The van der Waals surface area contributed by atoms with E-state index < -0.39 is 23.5 Å². The Kier molecular flexibility index (Phi) is 4.22. The molecule has 0 aliphatic heterocycles. The number of urea groups is 1. The quantitative estimate of drug-likeness (QED) is 0.567. The minimum Gasteiger partial charge on any atom is -0.398 e. The van der Waals surface area contributed by atoms with Gasteiger partial charge in [-0.2, -0.15) is 13.2 Å². The molecule has 0 spiro atoms. The molecule has 4 nitrogen and oxygen atoms in total. The van der Waals surface area contributed by atoms with Crippen molar-refractivity contribution < 1.29 is 18.0 Å². The van der Waals surface area contributed by atoms with Gasteiger partial charge in [0.2, 0.25) is 0 Å². The SMILES string of the molecule is Nc1ccc(NC(=O)Nc2cccc3ccccc23)cc1C(F)(F)F. The van der Waals surface area contributed by atoms with Gasteiger partial charge in [-0.1, -0.05) is 36.4 Å². The Hall–Kier alpha value is -3.22. The van der Waals surface area contributed by atoms with Crippen molar-refractivity contribution in [2.75, 3.05) is 16.4 Å². The number of halogens is 3. The normalized spacial score (nSPS) is 11.3. The van der Waals surface area contributed by atoms with Crippen molar-refractivity contribution in [3.05, 3.63) is 66.2 Å². The largest absolute Gasteiger partial charge is 0.418 e. The van der Waals surface area contributed by atoms with Crippen LogP contribution in [0.2, 0.25) is 0 Å². The topological polar surface area (TPSA) is 67.1 Å². The number of hydrogen-bond acceptors (Lipinski definition) is 2. The maximum Gasteiger partial charge on any atom is 0.418 e. The van der Waals surface area contributed by atoms with Gasteiger partial charge in [0.15, 0.2) is 0 Å². The lowest BCUT2D eigenvalue weighted by molar-refractivity contribution is -0.136. The average molecular weight is 345 g/mol. The van der Waals surface area contributed by atoms with Crippen molar-refractivity contribution >= 4 is 33.9 Å². The van der Waals surface area contributed by atoms with Crippen LogP contribution in [0.1, 0.15) is 5.56 Å². The van der Waals surface area contributed by atoms with Crippen LogP contribution < -0.4 is 16.4 Å². The zero-order valence-corrected chi connectivity index (χ0v) is 12.9. The molecular weight excluding hydrogens is 331 g/mol. The molecule has 0 unspecified atom stereocenters. The van der Waals surface area contributed by atoms with Crippen LogP contribution in [0.15, 0.2) is 60.7 Å². The number of alkyl halides is 3. The molecule has 25 heavy (non-hydrogen) atoms. The summed E-state index contributed by atoms with van der Waals surface area (Å²) >= 11 is 0. The van der Waals surface area contributed by atoms with E-state index >= 15 is 0 Å². The van der Waals surface area contributed by atoms with Crippen molar-refractivity contribution in [3.63, 3.8) is 0 Å². The minimum atomic E-state index is -4.59. The van der Waals surface area contributed by atoms with Crippen molar-refractivity contribution in [3.8, 4) is 0 Å². The van der Waals surface area contributed by atoms with Crippen LogP contribution in [0.4, 0.5) is 35.0 Å². The van der Waals surface area contributed by atoms with Crippen LogP contribution >= 0.6 is 0 Å². The molecule has 2 amide bonds.